The number of aromatic nitrogens is 2. The number of carboxylic acids is 1. The van der Waals surface area contributed by atoms with E-state index in [2.05, 4.69) is 10.4 Å². The summed E-state index contributed by atoms with van der Waals surface area (Å²) in [6.45, 7) is 3.68. The van der Waals surface area contributed by atoms with Crippen molar-refractivity contribution in [3.63, 3.8) is 0 Å². The van der Waals surface area contributed by atoms with Crippen LogP contribution in [0.5, 0.6) is 0 Å². The summed E-state index contributed by atoms with van der Waals surface area (Å²) < 4.78 is 1.27. The second kappa shape index (κ2) is 6.03. The summed E-state index contributed by atoms with van der Waals surface area (Å²) in [6.07, 6.45) is 4.73. The van der Waals surface area contributed by atoms with Gasteiger partial charge in [-0.15, -0.1) is 0 Å². The Morgan fingerprint density at radius 2 is 2.29 bits per heavy atom. The number of hydrogen-bond acceptors (Lipinski definition) is 3. The van der Waals surface area contributed by atoms with E-state index in [1.165, 1.54) is 17.1 Å². The van der Waals surface area contributed by atoms with Gasteiger partial charge in [-0.3, -0.25) is 14.3 Å². The van der Waals surface area contributed by atoms with Crippen molar-refractivity contribution in [1.82, 2.24) is 9.78 Å². The summed E-state index contributed by atoms with van der Waals surface area (Å²) in [5.41, 5.74) is 0.527. The molecular formula is C11H17N3O3. The van der Waals surface area contributed by atoms with Gasteiger partial charge < -0.3 is 10.4 Å². The maximum absolute atomic E-state index is 11.7. The summed E-state index contributed by atoms with van der Waals surface area (Å²) in [6, 6.07) is 0. The van der Waals surface area contributed by atoms with Crippen LogP contribution in [0.25, 0.3) is 0 Å². The maximum Gasteiger partial charge on any atom is 0.325 e. The van der Waals surface area contributed by atoms with Gasteiger partial charge >= 0.3 is 5.97 Å². The molecule has 0 spiro atoms. The lowest BCUT2D eigenvalue weighted by molar-refractivity contribution is -0.137. The van der Waals surface area contributed by atoms with Crippen LogP contribution in [0.4, 0.5) is 5.69 Å². The zero-order valence-corrected chi connectivity index (χ0v) is 10.0. The second-order valence-electron chi connectivity index (χ2n) is 4.00. The Kier molecular flexibility index (Phi) is 4.68. The number of amides is 1. The van der Waals surface area contributed by atoms with Crippen molar-refractivity contribution in [3.8, 4) is 0 Å². The predicted molar refractivity (Wildman–Crippen MR) is 62.6 cm³/mol. The van der Waals surface area contributed by atoms with Gasteiger partial charge in [-0.25, -0.2) is 0 Å². The van der Waals surface area contributed by atoms with Crippen molar-refractivity contribution in [2.75, 3.05) is 5.32 Å². The molecule has 17 heavy (non-hydrogen) atoms. The van der Waals surface area contributed by atoms with Crippen molar-refractivity contribution in [1.29, 1.82) is 0 Å². The maximum atomic E-state index is 11.7. The number of nitrogens with zero attached hydrogens (tertiary/aromatic N) is 2. The Labute approximate surface area is 99.6 Å². The lowest BCUT2D eigenvalue weighted by atomic mass is 10.1. The predicted octanol–water partition coefficient (Wildman–Crippen LogP) is 1.34. The molecule has 1 rings (SSSR count). The molecule has 0 aromatic carbocycles. The van der Waals surface area contributed by atoms with Crippen LogP contribution in [-0.4, -0.2) is 26.8 Å². The largest absolute Gasteiger partial charge is 0.480 e. The highest BCUT2D eigenvalue weighted by Gasteiger charge is 2.12. The summed E-state index contributed by atoms with van der Waals surface area (Å²) in [5.74, 6) is -1.09. The number of nitrogens with one attached hydrogen (secondary N) is 1. The Balaban J connectivity index is 2.54. The average Bonchev–Trinajstić information content (AvgIpc) is 2.64. The first-order valence-corrected chi connectivity index (χ1v) is 5.58. The minimum atomic E-state index is -0.967. The monoisotopic (exact) mass is 239 g/mol. The molecule has 1 atom stereocenters. The molecule has 1 aromatic heterocycles. The van der Waals surface area contributed by atoms with Gasteiger partial charge in [0.05, 0.1) is 11.9 Å². The molecular weight excluding hydrogens is 222 g/mol. The third-order valence-corrected chi connectivity index (χ3v) is 2.37. The molecule has 0 radical (unpaired) electrons. The van der Waals surface area contributed by atoms with Crippen LogP contribution in [0.2, 0.25) is 0 Å². The first kappa shape index (κ1) is 13.2. The lowest BCUT2D eigenvalue weighted by Gasteiger charge is -2.08. The Morgan fingerprint density at radius 1 is 1.59 bits per heavy atom. The third-order valence-electron chi connectivity index (χ3n) is 2.37. The van der Waals surface area contributed by atoms with E-state index in [0.29, 0.717) is 5.69 Å². The zero-order valence-electron chi connectivity index (χ0n) is 10.0. The van der Waals surface area contributed by atoms with E-state index >= 15 is 0 Å². The number of hydrogen-bond donors (Lipinski definition) is 2. The van der Waals surface area contributed by atoms with Crippen LogP contribution in [-0.2, 0) is 16.1 Å². The van der Waals surface area contributed by atoms with Crippen LogP contribution in [0.15, 0.2) is 12.4 Å². The van der Waals surface area contributed by atoms with E-state index in [9.17, 15) is 9.59 Å². The SMILES string of the molecule is CCCC(C)C(=O)Nc1cnn(CC(=O)O)c1. The molecule has 0 aliphatic rings. The molecule has 0 saturated carbocycles. The number of carboxylic acid groups (broad SMARTS) is 1. The van der Waals surface area contributed by atoms with Crippen LogP contribution in [0, 0.1) is 5.92 Å². The van der Waals surface area contributed by atoms with E-state index in [0.717, 1.165) is 12.8 Å². The number of carbonyl (C=O) groups is 2. The van der Waals surface area contributed by atoms with Crippen LogP contribution < -0.4 is 5.32 Å². The third kappa shape index (κ3) is 4.26. The number of anilines is 1. The number of aliphatic carboxylic acids is 1. The fourth-order valence-corrected chi connectivity index (χ4v) is 1.48. The minimum absolute atomic E-state index is 0.0529. The van der Waals surface area contributed by atoms with Gasteiger partial charge in [0.15, 0.2) is 0 Å². The highest BCUT2D eigenvalue weighted by Crippen LogP contribution is 2.10. The molecule has 0 fully saturated rings. The van der Waals surface area contributed by atoms with Gasteiger partial charge in [-0.2, -0.15) is 5.10 Å². The Morgan fingerprint density at radius 3 is 2.88 bits per heavy atom. The summed E-state index contributed by atoms with van der Waals surface area (Å²) in [5, 5.41) is 15.1. The van der Waals surface area contributed by atoms with Gasteiger partial charge in [-0.05, 0) is 6.42 Å². The van der Waals surface area contributed by atoms with E-state index in [-0.39, 0.29) is 18.4 Å². The van der Waals surface area contributed by atoms with E-state index < -0.39 is 5.97 Å². The van der Waals surface area contributed by atoms with Gasteiger partial charge in [0, 0.05) is 12.1 Å². The van der Waals surface area contributed by atoms with Crippen LogP contribution in [0.1, 0.15) is 26.7 Å². The van der Waals surface area contributed by atoms with E-state index in [1.807, 2.05) is 13.8 Å². The van der Waals surface area contributed by atoms with Gasteiger partial charge in [-0.1, -0.05) is 20.3 Å². The summed E-state index contributed by atoms with van der Waals surface area (Å²) >= 11 is 0. The van der Waals surface area contributed by atoms with Gasteiger partial charge in [0.25, 0.3) is 0 Å². The highest BCUT2D eigenvalue weighted by molar-refractivity contribution is 5.92. The normalized spacial score (nSPS) is 12.1. The second-order valence-corrected chi connectivity index (χ2v) is 4.00. The molecule has 0 bridgehead atoms. The molecule has 2 N–H and O–H groups in total. The summed E-state index contributed by atoms with van der Waals surface area (Å²) in [7, 11) is 0. The van der Waals surface area contributed by atoms with Crippen molar-refractivity contribution in [2.45, 2.75) is 33.2 Å². The molecule has 6 heteroatoms. The molecule has 1 aromatic rings. The van der Waals surface area contributed by atoms with E-state index in [4.69, 9.17) is 5.11 Å². The topological polar surface area (TPSA) is 84.2 Å². The van der Waals surface area contributed by atoms with Crippen LogP contribution >= 0.6 is 0 Å². The quantitative estimate of drug-likeness (QED) is 0.784. The fourth-order valence-electron chi connectivity index (χ4n) is 1.48. The number of rotatable bonds is 6. The Bertz CT molecular complexity index is 400. The minimum Gasteiger partial charge on any atom is -0.480 e. The van der Waals surface area contributed by atoms with Crippen molar-refractivity contribution >= 4 is 17.6 Å². The van der Waals surface area contributed by atoms with E-state index in [1.54, 1.807) is 0 Å². The summed E-state index contributed by atoms with van der Waals surface area (Å²) in [4.78, 5) is 22.1. The molecule has 0 aliphatic heterocycles. The smallest absolute Gasteiger partial charge is 0.325 e. The average molecular weight is 239 g/mol. The molecule has 0 aliphatic carbocycles. The highest BCUT2D eigenvalue weighted by atomic mass is 16.4. The zero-order chi connectivity index (χ0) is 12.8. The molecule has 94 valence electrons. The lowest BCUT2D eigenvalue weighted by Crippen LogP contribution is -2.19. The van der Waals surface area contributed by atoms with Crippen LogP contribution in [0.3, 0.4) is 0 Å². The first-order chi connectivity index (χ1) is 8.02. The molecule has 1 heterocycles. The van der Waals surface area contributed by atoms with Crippen molar-refractivity contribution < 1.29 is 14.7 Å². The Hall–Kier alpha value is -1.85. The van der Waals surface area contributed by atoms with Crippen molar-refractivity contribution in [2.24, 2.45) is 5.92 Å². The van der Waals surface area contributed by atoms with Crippen molar-refractivity contribution in [3.05, 3.63) is 12.4 Å². The molecule has 0 saturated heterocycles. The fraction of sp³-hybridized carbons (Fsp3) is 0.545. The van der Waals surface area contributed by atoms with Gasteiger partial charge in [0.2, 0.25) is 5.91 Å². The molecule has 1 amide bonds. The van der Waals surface area contributed by atoms with Gasteiger partial charge in [0.1, 0.15) is 6.54 Å². The molecule has 6 nitrogen and oxygen atoms in total. The first-order valence-electron chi connectivity index (χ1n) is 5.58. The standard InChI is InChI=1S/C11H17N3O3/c1-3-4-8(2)11(17)13-9-5-12-14(6-9)7-10(15)16/h5-6,8H,3-4,7H2,1-2H3,(H,13,17)(H,15,16). The number of carbonyl (C=O) groups excluding carboxylic acids is 1. The molecule has 1 unspecified atom stereocenters.